The average molecular weight is 481 g/mol. The number of ether oxygens (including phenoxy) is 1. The molecule has 1 N–H and O–H groups in total. The van der Waals surface area contributed by atoms with Crippen LogP contribution in [0.2, 0.25) is 5.02 Å². The minimum atomic E-state index is -4.22. The molecular weight excluding hydrogens is 462 g/mol. The van der Waals surface area contributed by atoms with Crippen molar-refractivity contribution in [3.63, 3.8) is 0 Å². The second-order valence-corrected chi connectivity index (χ2v) is 9.12. The summed E-state index contributed by atoms with van der Waals surface area (Å²) < 4.78 is 59.7. The standard InChI is InChI=1S/C22H19ClF2N2O4S/c1-14-3-7-17(8-4-14)32(29,30)27(20-11-15(23)5-10-21(20)31-2)13-22(28)26-16-6-9-18(24)19(25)12-16/h3-12H,13H2,1-2H3,(H,26,28). The number of anilines is 2. The molecule has 0 aliphatic rings. The summed E-state index contributed by atoms with van der Waals surface area (Å²) in [5.74, 6) is -2.84. The van der Waals surface area contributed by atoms with Gasteiger partial charge in [-0.15, -0.1) is 0 Å². The number of benzene rings is 3. The summed E-state index contributed by atoms with van der Waals surface area (Å²) in [6.07, 6.45) is 0. The largest absolute Gasteiger partial charge is 0.495 e. The van der Waals surface area contributed by atoms with Gasteiger partial charge in [-0.25, -0.2) is 17.2 Å². The number of methoxy groups -OCH3 is 1. The summed E-state index contributed by atoms with van der Waals surface area (Å²) in [6.45, 7) is 1.13. The molecule has 3 aromatic rings. The van der Waals surface area contributed by atoms with E-state index in [1.165, 1.54) is 37.4 Å². The van der Waals surface area contributed by atoms with Gasteiger partial charge in [-0.2, -0.15) is 0 Å². The van der Waals surface area contributed by atoms with E-state index in [2.05, 4.69) is 5.32 Å². The van der Waals surface area contributed by atoms with Crippen molar-refractivity contribution in [2.45, 2.75) is 11.8 Å². The molecule has 0 unspecified atom stereocenters. The van der Waals surface area contributed by atoms with E-state index in [0.717, 1.165) is 28.1 Å². The molecule has 0 heterocycles. The molecule has 32 heavy (non-hydrogen) atoms. The summed E-state index contributed by atoms with van der Waals surface area (Å²) in [5.41, 5.74) is 0.868. The molecular formula is C22H19ClF2N2O4S. The lowest BCUT2D eigenvalue weighted by Gasteiger charge is -2.26. The van der Waals surface area contributed by atoms with Crippen LogP contribution >= 0.6 is 11.6 Å². The number of nitrogens with zero attached hydrogens (tertiary/aromatic N) is 1. The maximum absolute atomic E-state index is 13.5. The molecule has 3 aromatic carbocycles. The molecule has 3 rings (SSSR count). The summed E-state index contributed by atoms with van der Waals surface area (Å²) in [5, 5.41) is 2.60. The van der Waals surface area contributed by atoms with Crippen molar-refractivity contribution in [2.24, 2.45) is 0 Å². The summed E-state index contributed by atoms with van der Waals surface area (Å²) in [7, 11) is -2.87. The first-order chi connectivity index (χ1) is 15.1. The van der Waals surface area contributed by atoms with E-state index in [9.17, 15) is 22.0 Å². The van der Waals surface area contributed by atoms with Crippen LogP contribution in [-0.2, 0) is 14.8 Å². The molecule has 6 nitrogen and oxygen atoms in total. The van der Waals surface area contributed by atoms with Gasteiger partial charge in [0.2, 0.25) is 5.91 Å². The number of amides is 1. The van der Waals surface area contributed by atoms with E-state index in [4.69, 9.17) is 16.3 Å². The third-order valence-corrected chi connectivity index (χ3v) is 6.52. The predicted molar refractivity (Wildman–Crippen MR) is 119 cm³/mol. The molecule has 0 saturated heterocycles. The van der Waals surface area contributed by atoms with E-state index in [1.807, 2.05) is 6.92 Å². The van der Waals surface area contributed by atoms with Crippen LogP contribution in [0.25, 0.3) is 0 Å². The zero-order chi connectivity index (χ0) is 23.5. The fourth-order valence-electron chi connectivity index (χ4n) is 2.90. The Balaban J connectivity index is 2.02. The SMILES string of the molecule is COc1ccc(Cl)cc1N(CC(=O)Nc1ccc(F)c(F)c1)S(=O)(=O)c1ccc(C)cc1. The van der Waals surface area contributed by atoms with Crippen molar-refractivity contribution >= 4 is 38.9 Å². The minimum absolute atomic E-state index is 0.0281. The highest BCUT2D eigenvalue weighted by Crippen LogP contribution is 2.35. The highest BCUT2D eigenvalue weighted by Gasteiger charge is 2.30. The molecule has 0 aliphatic carbocycles. The second kappa shape index (κ2) is 9.54. The Morgan fingerprint density at radius 1 is 1.03 bits per heavy atom. The van der Waals surface area contributed by atoms with Crippen molar-refractivity contribution in [1.82, 2.24) is 0 Å². The fraction of sp³-hybridized carbons (Fsp3) is 0.136. The van der Waals surface area contributed by atoms with E-state index < -0.39 is 34.1 Å². The molecule has 0 aliphatic heterocycles. The number of sulfonamides is 1. The third-order valence-electron chi connectivity index (χ3n) is 4.51. The minimum Gasteiger partial charge on any atom is -0.495 e. The molecule has 0 bridgehead atoms. The zero-order valence-corrected chi connectivity index (χ0v) is 18.7. The van der Waals surface area contributed by atoms with Gasteiger partial charge in [-0.05, 0) is 49.4 Å². The first-order valence-electron chi connectivity index (χ1n) is 9.29. The van der Waals surface area contributed by atoms with Crippen LogP contribution in [0.15, 0.2) is 65.6 Å². The van der Waals surface area contributed by atoms with Gasteiger partial charge in [0.05, 0.1) is 17.7 Å². The first kappa shape index (κ1) is 23.5. The Morgan fingerprint density at radius 2 is 1.72 bits per heavy atom. The number of carbonyl (C=O) groups excluding carboxylic acids is 1. The van der Waals surface area contributed by atoms with E-state index in [1.54, 1.807) is 12.1 Å². The van der Waals surface area contributed by atoms with Crippen molar-refractivity contribution in [2.75, 3.05) is 23.3 Å². The average Bonchev–Trinajstić information content (AvgIpc) is 2.75. The van der Waals surface area contributed by atoms with E-state index in [-0.39, 0.29) is 27.0 Å². The number of aryl methyl sites for hydroxylation is 1. The Labute approximate surface area is 189 Å². The van der Waals surface area contributed by atoms with Crippen LogP contribution in [-0.4, -0.2) is 28.0 Å². The van der Waals surface area contributed by atoms with Gasteiger partial charge in [-0.1, -0.05) is 29.3 Å². The molecule has 10 heteroatoms. The quantitative estimate of drug-likeness (QED) is 0.528. The van der Waals surface area contributed by atoms with Crippen molar-refractivity contribution < 1.29 is 26.7 Å². The lowest BCUT2D eigenvalue weighted by Crippen LogP contribution is -2.38. The van der Waals surface area contributed by atoms with Gasteiger partial charge < -0.3 is 10.1 Å². The highest BCUT2D eigenvalue weighted by atomic mass is 35.5. The Kier molecular flexibility index (Phi) is 7.00. The van der Waals surface area contributed by atoms with Crippen molar-refractivity contribution in [3.05, 3.63) is 82.9 Å². The number of hydrogen-bond donors (Lipinski definition) is 1. The third kappa shape index (κ3) is 5.17. The van der Waals surface area contributed by atoms with Crippen LogP contribution < -0.4 is 14.4 Å². The Morgan fingerprint density at radius 3 is 2.34 bits per heavy atom. The molecule has 0 spiro atoms. The smallest absolute Gasteiger partial charge is 0.264 e. The van der Waals surface area contributed by atoms with Gasteiger partial charge in [0.1, 0.15) is 12.3 Å². The lowest BCUT2D eigenvalue weighted by atomic mass is 10.2. The highest BCUT2D eigenvalue weighted by molar-refractivity contribution is 7.92. The topological polar surface area (TPSA) is 75.7 Å². The number of halogens is 3. The lowest BCUT2D eigenvalue weighted by molar-refractivity contribution is -0.114. The van der Waals surface area contributed by atoms with E-state index >= 15 is 0 Å². The molecule has 0 aromatic heterocycles. The van der Waals surface area contributed by atoms with Crippen LogP contribution in [0, 0.1) is 18.6 Å². The van der Waals surface area contributed by atoms with Gasteiger partial charge >= 0.3 is 0 Å². The van der Waals surface area contributed by atoms with Gasteiger partial charge in [-0.3, -0.25) is 9.10 Å². The van der Waals surface area contributed by atoms with Crippen molar-refractivity contribution in [3.8, 4) is 5.75 Å². The molecule has 0 saturated carbocycles. The predicted octanol–water partition coefficient (Wildman–Crippen LogP) is 4.77. The Bertz CT molecular complexity index is 1250. The monoisotopic (exact) mass is 480 g/mol. The number of nitrogens with one attached hydrogen (secondary N) is 1. The number of hydrogen-bond acceptors (Lipinski definition) is 4. The summed E-state index contributed by atoms with van der Waals surface area (Å²) in [6, 6.07) is 13.3. The van der Waals surface area contributed by atoms with E-state index in [0.29, 0.717) is 0 Å². The summed E-state index contributed by atoms with van der Waals surface area (Å²) in [4.78, 5) is 12.7. The number of rotatable bonds is 7. The summed E-state index contributed by atoms with van der Waals surface area (Å²) >= 11 is 6.08. The fourth-order valence-corrected chi connectivity index (χ4v) is 4.49. The molecule has 1 amide bonds. The molecule has 0 fully saturated rings. The molecule has 0 radical (unpaired) electrons. The molecule has 168 valence electrons. The van der Waals surface area contributed by atoms with Crippen LogP contribution in [0.1, 0.15) is 5.56 Å². The van der Waals surface area contributed by atoms with Gasteiger partial charge in [0.25, 0.3) is 10.0 Å². The van der Waals surface area contributed by atoms with Crippen LogP contribution in [0.5, 0.6) is 5.75 Å². The van der Waals surface area contributed by atoms with Gasteiger partial charge in [0, 0.05) is 16.8 Å². The normalized spacial score (nSPS) is 11.2. The second-order valence-electron chi connectivity index (χ2n) is 6.82. The van der Waals surface area contributed by atoms with Crippen LogP contribution in [0.3, 0.4) is 0 Å². The van der Waals surface area contributed by atoms with Crippen LogP contribution in [0.4, 0.5) is 20.2 Å². The zero-order valence-electron chi connectivity index (χ0n) is 17.1. The first-order valence-corrected chi connectivity index (χ1v) is 11.1. The maximum atomic E-state index is 13.5. The Hall–Kier alpha value is -3.17. The number of carbonyl (C=O) groups is 1. The van der Waals surface area contributed by atoms with Gasteiger partial charge in [0.15, 0.2) is 11.6 Å². The van der Waals surface area contributed by atoms with Crippen molar-refractivity contribution in [1.29, 1.82) is 0 Å². The molecule has 0 atom stereocenters. The maximum Gasteiger partial charge on any atom is 0.264 e.